The first-order valence-electron chi connectivity index (χ1n) is 6.58. The van der Waals surface area contributed by atoms with Crippen molar-refractivity contribution in [1.82, 2.24) is 0 Å². The lowest BCUT2D eigenvalue weighted by atomic mass is 9.87. The fraction of sp³-hybridized carbons (Fsp3) is 0.533. The van der Waals surface area contributed by atoms with Gasteiger partial charge in [-0.1, -0.05) is 20.8 Å². The van der Waals surface area contributed by atoms with Gasteiger partial charge in [0, 0.05) is 24.8 Å². The number of hydrogen-bond acceptors (Lipinski definition) is 4. The lowest BCUT2D eigenvalue weighted by Gasteiger charge is -2.36. The molecule has 0 aliphatic rings. The summed E-state index contributed by atoms with van der Waals surface area (Å²) < 4.78 is 0. The number of Topliss-reactive ketones (excluding diaryl/α,β-unsaturated/α-hetero) is 1. The van der Waals surface area contributed by atoms with Crippen LogP contribution >= 0.6 is 0 Å². The van der Waals surface area contributed by atoms with Gasteiger partial charge in [-0.2, -0.15) is 0 Å². The number of carbonyl (C=O) groups excluding carboxylic acids is 1. The molecule has 0 aliphatic heterocycles. The summed E-state index contributed by atoms with van der Waals surface area (Å²) in [6.07, 6.45) is 0. The summed E-state index contributed by atoms with van der Waals surface area (Å²) >= 11 is 0. The smallest absolute Gasteiger partial charge is 0.282 e. The summed E-state index contributed by atoms with van der Waals surface area (Å²) in [5.74, 6) is -0.297. The summed E-state index contributed by atoms with van der Waals surface area (Å²) in [5.41, 5.74) is 0.797. The van der Waals surface area contributed by atoms with Crippen molar-refractivity contribution in [2.24, 2.45) is 5.41 Å². The summed E-state index contributed by atoms with van der Waals surface area (Å²) in [4.78, 5) is 24.0. The average Bonchev–Trinajstić information content (AvgIpc) is 2.34. The molecule has 0 saturated carbocycles. The van der Waals surface area contributed by atoms with Crippen molar-refractivity contribution in [1.29, 1.82) is 0 Å². The first-order chi connectivity index (χ1) is 9.05. The van der Waals surface area contributed by atoms with E-state index in [9.17, 15) is 14.9 Å². The third-order valence-electron chi connectivity index (χ3n) is 3.80. The Bertz CT molecular complexity index is 532. The van der Waals surface area contributed by atoms with Crippen molar-refractivity contribution >= 4 is 17.2 Å². The first kappa shape index (κ1) is 16.1. The number of nitro benzene ring substituents is 1. The highest BCUT2D eigenvalue weighted by molar-refractivity contribution is 5.98. The molecule has 0 fully saturated rings. The molecule has 0 spiro atoms. The highest BCUT2D eigenvalue weighted by Crippen LogP contribution is 2.31. The maximum absolute atomic E-state index is 11.4. The summed E-state index contributed by atoms with van der Waals surface area (Å²) in [6.45, 7) is 9.76. The van der Waals surface area contributed by atoms with Crippen molar-refractivity contribution in [3.8, 4) is 0 Å². The van der Waals surface area contributed by atoms with Crippen LogP contribution in [-0.2, 0) is 0 Å². The lowest BCUT2D eigenvalue weighted by molar-refractivity contribution is -0.385. The third-order valence-corrected chi connectivity index (χ3v) is 3.80. The predicted octanol–water partition coefficient (Wildman–Crippen LogP) is 3.67. The van der Waals surface area contributed by atoms with Gasteiger partial charge in [-0.3, -0.25) is 14.9 Å². The number of ketones is 1. The molecule has 1 unspecified atom stereocenters. The first-order valence-corrected chi connectivity index (χ1v) is 6.58. The zero-order valence-corrected chi connectivity index (χ0v) is 12.9. The fourth-order valence-corrected chi connectivity index (χ4v) is 1.99. The van der Waals surface area contributed by atoms with Crippen LogP contribution < -0.4 is 4.90 Å². The van der Waals surface area contributed by atoms with E-state index in [4.69, 9.17) is 0 Å². The molecular weight excluding hydrogens is 256 g/mol. The molecule has 1 aromatic rings. The van der Waals surface area contributed by atoms with Gasteiger partial charge in [0.2, 0.25) is 0 Å². The largest absolute Gasteiger partial charge is 0.371 e. The second kappa shape index (κ2) is 5.61. The normalized spacial score (nSPS) is 12.9. The minimum atomic E-state index is -0.504. The van der Waals surface area contributed by atoms with Gasteiger partial charge in [-0.15, -0.1) is 0 Å². The minimum absolute atomic E-state index is 0.0444. The van der Waals surface area contributed by atoms with E-state index in [0.29, 0.717) is 0 Å². The molecule has 20 heavy (non-hydrogen) atoms. The number of rotatable bonds is 4. The molecule has 110 valence electrons. The van der Waals surface area contributed by atoms with E-state index in [2.05, 4.69) is 27.7 Å². The van der Waals surface area contributed by atoms with Crippen LogP contribution in [0.2, 0.25) is 0 Å². The second-order valence-corrected chi connectivity index (χ2v) is 6.17. The molecule has 0 aliphatic carbocycles. The van der Waals surface area contributed by atoms with Crippen LogP contribution in [-0.4, -0.2) is 23.8 Å². The summed E-state index contributed by atoms with van der Waals surface area (Å²) in [6, 6.07) is 4.96. The Balaban J connectivity index is 3.25. The van der Waals surface area contributed by atoms with Crippen LogP contribution in [0, 0.1) is 15.5 Å². The molecule has 0 radical (unpaired) electrons. The van der Waals surface area contributed by atoms with Crippen molar-refractivity contribution in [2.45, 2.75) is 40.7 Å². The maximum atomic E-state index is 11.4. The van der Waals surface area contributed by atoms with Gasteiger partial charge in [0.25, 0.3) is 5.69 Å². The average molecular weight is 278 g/mol. The summed E-state index contributed by atoms with van der Waals surface area (Å²) in [7, 11) is 1.91. The summed E-state index contributed by atoms with van der Waals surface area (Å²) in [5, 5.41) is 11.1. The van der Waals surface area contributed by atoms with E-state index in [1.165, 1.54) is 19.1 Å². The Morgan fingerprint density at radius 2 is 1.90 bits per heavy atom. The standard InChI is InChI=1S/C15H22N2O3/c1-10(18)13-8-7-12(9-14(13)17(19)20)16(6)11(2)15(3,4)5/h7-9,11H,1-6H3. The van der Waals surface area contributed by atoms with Crippen LogP contribution in [0.1, 0.15) is 45.0 Å². The Labute approximate surface area is 119 Å². The monoisotopic (exact) mass is 278 g/mol. The number of nitrogens with zero attached hydrogens (tertiary/aromatic N) is 2. The molecular formula is C15H22N2O3. The molecule has 1 aromatic carbocycles. The van der Waals surface area contributed by atoms with Crippen molar-refractivity contribution in [3.63, 3.8) is 0 Å². The number of hydrogen-bond donors (Lipinski definition) is 0. The van der Waals surface area contributed by atoms with Gasteiger partial charge in [-0.25, -0.2) is 0 Å². The van der Waals surface area contributed by atoms with Gasteiger partial charge in [0.05, 0.1) is 10.5 Å². The van der Waals surface area contributed by atoms with Gasteiger partial charge in [0.15, 0.2) is 5.78 Å². The molecule has 5 heteroatoms. The number of nitro groups is 1. The van der Waals surface area contributed by atoms with Gasteiger partial charge >= 0.3 is 0 Å². The van der Waals surface area contributed by atoms with Crippen molar-refractivity contribution in [3.05, 3.63) is 33.9 Å². The van der Waals surface area contributed by atoms with Crippen LogP contribution in [0.5, 0.6) is 0 Å². The van der Waals surface area contributed by atoms with Crippen molar-refractivity contribution < 1.29 is 9.72 Å². The van der Waals surface area contributed by atoms with E-state index in [1.54, 1.807) is 6.07 Å². The van der Waals surface area contributed by atoms with E-state index in [1.807, 2.05) is 11.9 Å². The maximum Gasteiger partial charge on any atom is 0.282 e. The Morgan fingerprint density at radius 1 is 1.35 bits per heavy atom. The SMILES string of the molecule is CC(=O)c1ccc(N(C)C(C)C(C)(C)C)cc1[N+](=O)[O-]. The van der Waals surface area contributed by atoms with Crippen LogP contribution in [0.25, 0.3) is 0 Å². The van der Waals surface area contributed by atoms with Gasteiger partial charge < -0.3 is 4.90 Å². The van der Waals surface area contributed by atoms with Crippen LogP contribution in [0.15, 0.2) is 18.2 Å². The number of carbonyl (C=O) groups is 1. The molecule has 0 N–H and O–H groups in total. The highest BCUT2D eigenvalue weighted by Gasteiger charge is 2.26. The molecule has 0 aromatic heterocycles. The second-order valence-electron chi connectivity index (χ2n) is 6.17. The quantitative estimate of drug-likeness (QED) is 0.479. The Morgan fingerprint density at radius 3 is 2.30 bits per heavy atom. The molecule has 0 bridgehead atoms. The molecule has 0 saturated heterocycles. The van der Waals surface area contributed by atoms with Crippen molar-refractivity contribution in [2.75, 3.05) is 11.9 Å². The minimum Gasteiger partial charge on any atom is -0.371 e. The predicted molar refractivity (Wildman–Crippen MR) is 80.4 cm³/mol. The molecule has 1 atom stereocenters. The van der Waals surface area contributed by atoms with E-state index in [0.717, 1.165) is 5.69 Å². The zero-order chi connectivity index (χ0) is 15.7. The van der Waals surface area contributed by atoms with Crippen LogP contribution in [0.4, 0.5) is 11.4 Å². The van der Waals surface area contributed by atoms with E-state index < -0.39 is 4.92 Å². The highest BCUT2D eigenvalue weighted by atomic mass is 16.6. The molecule has 5 nitrogen and oxygen atoms in total. The molecule has 0 heterocycles. The van der Waals surface area contributed by atoms with Crippen LogP contribution in [0.3, 0.4) is 0 Å². The lowest BCUT2D eigenvalue weighted by Crippen LogP contribution is -2.39. The number of anilines is 1. The Hall–Kier alpha value is -1.91. The van der Waals surface area contributed by atoms with Gasteiger partial charge in [0.1, 0.15) is 0 Å². The molecule has 1 rings (SSSR count). The fourth-order valence-electron chi connectivity index (χ4n) is 1.99. The zero-order valence-electron chi connectivity index (χ0n) is 12.9. The van der Waals surface area contributed by atoms with E-state index >= 15 is 0 Å². The third kappa shape index (κ3) is 3.35. The number of benzene rings is 1. The van der Waals surface area contributed by atoms with E-state index in [-0.39, 0.29) is 28.5 Å². The topological polar surface area (TPSA) is 63.5 Å². The van der Waals surface area contributed by atoms with Gasteiger partial charge in [-0.05, 0) is 31.4 Å². The Kier molecular flexibility index (Phi) is 4.53. The molecule has 0 amide bonds.